The first-order chi connectivity index (χ1) is 21.6. The lowest BCUT2D eigenvalue weighted by atomic mass is 9.94. The van der Waals surface area contributed by atoms with Crippen molar-refractivity contribution in [1.29, 1.82) is 0 Å². The minimum absolute atomic E-state index is 0.0917. The highest BCUT2D eigenvalue weighted by atomic mass is 35.5. The van der Waals surface area contributed by atoms with Gasteiger partial charge in [0.25, 0.3) is 5.91 Å². The number of carbonyl (C=O) groups is 1. The van der Waals surface area contributed by atoms with Crippen molar-refractivity contribution < 1.29 is 18.3 Å². The lowest BCUT2D eigenvalue weighted by molar-refractivity contribution is 0.0929. The summed E-state index contributed by atoms with van der Waals surface area (Å²) < 4.78 is 25.3. The van der Waals surface area contributed by atoms with Crippen molar-refractivity contribution in [2.24, 2.45) is 0 Å². The zero-order valence-electron chi connectivity index (χ0n) is 25.0. The smallest absolute Gasteiger partial charge is 0.253 e. The molecule has 4 aromatic rings. The van der Waals surface area contributed by atoms with Crippen LogP contribution < -0.4 is 10.6 Å². The van der Waals surface area contributed by atoms with E-state index in [1.54, 1.807) is 24.3 Å². The Balaban J connectivity index is 1.51. The molecule has 1 saturated heterocycles. The van der Waals surface area contributed by atoms with Crippen molar-refractivity contribution in [2.45, 2.75) is 48.7 Å². The molecular formula is C34H36Cl2N4O4S. The van der Waals surface area contributed by atoms with E-state index in [2.05, 4.69) is 15.5 Å². The standard InChI is InChI=1S/C34H36Cl2N4O4S/c1-45(43,44)25-8-10-30-26(20-25)31(33(42)39-34(13-14-34)23-5-3-2-4-6-23)27(21-40-16-11-24(12-17-40)37-15-18-41)32(38-30)22-7-9-28(35)29(36)19-22/h2-10,19-20,24,37,41H,11-18,21H2,1H3,(H,39,42). The first-order valence-corrected chi connectivity index (χ1v) is 17.8. The van der Waals surface area contributed by atoms with E-state index in [9.17, 15) is 18.3 Å². The Bertz CT molecular complexity index is 1840. The van der Waals surface area contributed by atoms with E-state index in [1.165, 1.54) is 6.07 Å². The second-order valence-corrected chi connectivity index (χ2v) is 14.9. The Morgan fingerprint density at radius 1 is 1.02 bits per heavy atom. The van der Waals surface area contributed by atoms with Crippen LogP contribution >= 0.6 is 23.2 Å². The number of amides is 1. The number of nitrogens with one attached hydrogen (secondary N) is 2. The molecule has 1 aromatic heterocycles. The van der Waals surface area contributed by atoms with E-state index in [0.717, 1.165) is 50.6 Å². The highest BCUT2D eigenvalue weighted by Crippen LogP contribution is 2.46. The topological polar surface area (TPSA) is 112 Å². The number of sulfone groups is 1. The van der Waals surface area contributed by atoms with Gasteiger partial charge in [-0.2, -0.15) is 0 Å². The molecule has 0 unspecified atom stereocenters. The first-order valence-electron chi connectivity index (χ1n) is 15.1. The summed E-state index contributed by atoms with van der Waals surface area (Å²) in [6, 6.07) is 20.3. The van der Waals surface area contributed by atoms with Crippen LogP contribution in [-0.2, 0) is 21.9 Å². The Morgan fingerprint density at radius 2 is 1.76 bits per heavy atom. The van der Waals surface area contributed by atoms with Crippen LogP contribution in [0, 0.1) is 0 Å². The predicted molar refractivity (Wildman–Crippen MR) is 179 cm³/mol. The number of likely N-dealkylation sites (tertiary alicyclic amines) is 1. The highest BCUT2D eigenvalue weighted by Gasteiger charge is 2.46. The highest BCUT2D eigenvalue weighted by molar-refractivity contribution is 7.90. The van der Waals surface area contributed by atoms with Gasteiger partial charge in [0.2, 0.25) is 0 Å². The summed E-state index contributed by atoms with van der Waals surface area (Å²) in [6.45, 7) is 2.63. The molecule has 6 rings (SSSR count). The lowest BCUT2D eigenvalue weighted by Gasteiger charge is -2.33. The summed E-state index contributed by atoms with van der Waals surface area (Å²) in [6.07, 6.45) is 4.56. The molecule has 0 bridgehead atoms. The van der Waals surface area contributed by atoms with Crippen LogP contribution in [0.5, 0.6) is 0 Å². The molecular weight excluding hydrogens is 631 g/mol. The molecule has 1 aliphatic heterocycles. The van der Waals surface area contributed by atoms with E-state index >= 15 is 0 Å². The maximum absolute atomic E-state index is 14.6. The molecule has 1 aliphatic carbocycles. The van der Waals surface area contributed by atoms with Crippen molar-refractivity contribution in [3.05, 3.63) is 93.5 Å². The fraction of sp³-hybridized carbons (Fsp3) is 0.353. The number of halogens is 2. The summed E-state index contributed by atoms with van der Waals surface area (Å²) in [4.78, 5) is 22.0. The third-order valence-corrected chi connectivity index (χ3v) is 10.7. The van der Waals surface area contributed by atoms with Crippen LogP contribution in [0.4, 0.5) is 0 Å². The number of hydrogen-bond donors (Lipinski definition) is 3. The molecule has 0 radical (unpaired) electrons. The van der Waals surface area contributed by atoms with Gasteiger partial charge < -0.3 is 15.7 Å². The molecule has 3 aromatic carbocycles. The van der Waals surface area contributed by atoms with Crippen molar-refractivity contribution in [2.75, 3.05) is 32.5 Å². The molecule has 3 N–H and O–H groups in total. The van der Waals surface area contributed by atoms with Crippen LogP contribution in [-0.4, -0.2) is 67.9 Å². The minimum Gasteiger partial charge on any atom is -0.395 e. The van der Waals surface area contributed by atoms with Crippen molar-refractivity contribution in [1.82, 2.24) is 20.5 Å². The zero-order chi connectivity index (χ0) is 31.8. The lowest BCUT2D eigenvalue weighted by Crippen LogP contribution is -2.43. The number of fused-ring (bicyclic) bond motifs is 1. The number of nitrogens with zero attached hydrogens (tertiary/aromatic N) is 2. The average Bonchev–Trinajstić information content (AvgIpc) is 3.81. The fourth-order valence-electron chi connectivity index (χ4n) is 6.24. The second kappa shape index (κ2) is 13.0. The Kier molecular flexibility index (Phi) is 9.21. The number of aromatic nitrogens is 1. The van der Waals surface area contributed by atoms with Gasteiger partial charge in [-0.05, 0) is 74.7 Å². The molecule has 2 aliphatic rings. The Morgan fingerprint density at radius 3 is 2.40 bits per heavy atom. The maximum Gasteiger partial charge on any atom is 0.253 e. The summed E-state index contributed by atoms with van der Waals surface area (Å²) in [5, 5.41) is 17.2. The van der Waals surface area contributed by atoms with Crippen LogP contribution in [0.3, 0.4) is 0 Å². The number of carbonyl (C=O) groups excluding carboxylic acids is 1. The third-order valence-electron chi connectivity index (χ3n) is 8.85. The van der Waals surface area contributed by atoms with E-state index in [4.69, 9.17) is 28.2 Å². The van der Waals surface area contributed by atoms with Gasteiger partial charge in [0, 0.05) is 41.9 Å². The van der Waals surface area contributed by atoms with Crippen LogP contribution in [0.25, 0.3) is 22.2 Å². The fourth-order valence-corrected chi connectivity index (χ4v) is 7.19. The summed E-state index contributed by atoms with van der Waals surface area (Å²) in [5.41, 5.74) is 3.49. The van der Waals surface area contributed by atoms with Crippen LogP contribution in [0.1, 0.15) is 47.2 Å². The third kappa shape index (κ3) is 6.89. The van der Waals surface area contributed by atoms with Crippen LogP contribution in [0.15, 0.2) is 71.6 Å². The number of hydrogen-bond acceptors (Lipinski definition) is 7. The predicted octanol–water partition coefficient (Wildman–Crippen LogP) is 5.58. The first kappa shape index (κ1) is 31.9. The van der Waals surface area contributed by atoms with Crippen LogP contribution in [0.2, 0.25) is 10.0 Å². The second-order valence-electron chi connectivity index (χ2n) is 12.0. The summed E-state index contributed by atoms with van der Waals surface area (Å²) in [5.74, 6) is -0.273. The van der Waals surface area contributed by atoms with Gasteiger partial charge in [-0.15, -0.1) is 0 Å². The van der Waals surface area contributed by atoms with E-state index in [0.29, 0.717) is 62.5 Å². The molecule has 236 valence electrons. The van der Waals surface area contributed by atoms with Gasteiger partial charge in [-0.25, -0.2) is 13.4 Å². The molecule has 11 heteroatoms. The van der Waals surface area contributed by atoms with Gasteiger partial charge in [-0.1, -0.05) is 59.6 Å². The zero-order valence-corrected chi connectivity index (χ0v) is 27.4. The summed E-state index contributed by atoms with van der Waals surface area (Å²) in [7, 11) is -3.56. The Labute approximate surface area is 273 Å². The quantitative estimate of drug-likeness (QED) is 0.203. The normalized spacial score (nSPS) is 17.0. The molecule has 2 fully saturated rings. The van der Waals surface area contributed by atoms with E-state index in [1.807, 2.05) is 36.4 Å². The molecule has 0 spiro atoms. The number of rotatable bonds is 10. The van der Waals surface area contributed by atoms with Gasteiger partial charge in [0.15, 0.2) is 9.84 Å². The average molecular weight is 668 g/mol. The van der Waals surface area contributed by atoms with E-state index < -0.39 is 15.4 Å². The number of aliphatic hydroxyl groups is 1. The van der Waals surface area contributed by atoms with Gasteiger partial charge in [0.1, 0.15) is 0 Å². The molecule has 8 nitrogen and oxygen atoms in total. The van der Waals surface area contributed by atoms with Gasteiger partial charge >= 0.3 is 0 Å². The largest absolute Gasteiger partial charge is 0.395 e. The maximum atomic E-state index is 14.6. The molecule has 45 heavy (non-hydrogen) atoms. The number of piperidine rings is 1. The SMILES string of the molecule is CS(=O)(=O)c1ccc2nc(-c3ccc(Cl)c(Cl)c3)c(CN3CCC(NCCO)CC3)c(C(=O)NC3(c4ccccc4)CC3)c2c1. The summed E-state index contributed by atoms with van der Waals surface area (Å²) >= 11 is 12.8. The van der Waals surface area contributed by atoms with Gasteiger partial charge in [0.05, 0.1) is 43.9 Å². The molecule has 2 heterocycles. The number of pyridine rings is 1. The molecule has 0 atom stereocenters. The number of benzene rings is 3. The van der Waals surface area contributed by atoms with Crippen molar-refractivity contribution in [3.8, 4) is 11.3 Å². The Hall–Kier alpha value is -3.05. The molecule has 1 amide bonds. The number of aliphatic hydroxyl groups excluding tert-OH is 1. The van der Waals surface area contributed by atoms with Crippen molar-refractivity contribution >= 4 is 49.8 Å². The molecule has 1 saturated carbocycles. The monoisotopic (exact) mass is 666 g/mol. The van der Waals surface area contributed by atoms with Crippen molar-refractivity contribution in [3.63, 3.8) is 0 Å². The van der Waals surface area contributed by atoms with Gasteiger partial charge in [-0.3, -0.25) is 9.69 Å². The minimum atomic E-state index is -3.56. The van der Waals surface area contributed by atoms with E-state index in [-0.39, 0.29) is 17.4 Å².